The molecule has 0 saturated carbocycles. The van der Waals surface area contributed by atoms with Gasteiger partial charge < -0.3 is 5.11 Å². The molecular weight excluding hydrogens is 293 g/mol. The highest BCUT2D eigenvalue weighted by molar-refractivity contribution is 6.31. The molecule has 1 fully saturated rings. The van der Waals surface area contributed by atoms with Crippen molar-refractivity contribution >= 4 is 23.2 Å². The Labute approximate surface area is 128 Å². The summed E-state index contributed by atoms with van der Waals surface area (Å²) in [5.41, 5.74) is 0.886. The van der Waals surface area contributed by atoms with E-state index < -0.39 is 5.72 Å². The van der Waals surface area contributed by atoms with E-state index in [-0.39, 0.29) is 5.92 Å². The molecule has 0 aliphatic carbocycles. The minimum atomic E-state index is -1.02. The van der Waals surface area contributed by atoms with Gasteiger partial charge in [0.25, 0.3) is 0 Å². The van der Waals surface area contributed by atoms with E-state index in [9.17, 15) is 5.11 Å². The van der Waals surface area contributed by atoms with Gasteiger partial charge in [0.1, 0.15) is 5.72 Å². The van der Waals surface area contributed by atoms with Gasteiger partial charge in [0.15, 0.2) is 0 Å². The summed E-state index contributed by atoms with van der Waals surface area (Å²) in [4.78, 5) is 0. The predicted octanol–water partition coefficient (Wildman–Crippen LogP) is 3.92. The van der Waals surface area contributed by atoms with Crippen LogP contribution >= 0.6 is 23.2 Å². The lowest BCUT2D eigenvalue weighted by Gasteiger charge is -2.23. The van der Waals surface area contributed by atoms with Gasteiger partial charge >= 0.3 is 0 Å². The third-order valence-electron chi connectivity index (χ3n) is 3.85. The molecule has 0 amide bonds. The number of hydrogen-bond acceptors (Lipinski definition) is 2. The van der Waals surface area contributed by atoms with E-state index in [1.807, 2.05) is 36.4 Å². The highest BCUT2D eigenvalue weighted by Crippen LogP contribution is 2.39. The molecule has 4 heteroatoms. The zero-order valence-corrected chi connectivity index (χ0v) is 12.3. The van der Waals surface area contributed by atoms with Crippen LogP contribution in [0, 0.1) is 0 Å². The lowest BCUT2D eigenvalue weighted by atomic mass is 9.91. The summed E-state index contributed by atoms with van der Waals surface area (Å²) in [7, 11) is 0. The van der Waals surface area contributed by atoms with Crippen LogP contribution in [0.5, 0.6) is 0 Å². The maximum Gasteiger partial charge on any atom is 0.142 e. The monoisotopic (exact) mass is 307 g/mol. The van der Waals surface area contributed by atoms with Crippen molar-refractivity contribution in [3.63, 3.8) is 0 Å². The molecule has 1 aliphatic heterocycles. The van der Waals surface area contributed by atoms with Crippen LogP contribution in [-0.4, -0.2) is 11.7 Å². The zero-order valence-electron chi connectivity index (χ0n) is 10.8. The van der Waals surface area contributed by atoms with Crippen LogP contribution in [0.1, 0.15) is 23.5 Å². The molecule has 0 aromatic heterocycles. The van der Waals surface area contributed by atoms with Gasteiger partial charge in [-0.1, -0.05) is 53.5 Å². The second kappa shape index (κ2) is 5.38. The van der Waals surface area contributed by atoms with Crippen LogP contribution in [0.2, 0.25) is 10.0 Å². The van der Waals surface area contributed by atoms with E-state index in [1.54, 1.807) is 12.1 Å². The van der Waals surface area contributed by atoms with Crippen LogP contribution in [-0.2, 0) is 5.72 Å². The van der Waals surface area contributed by atoms with Crippen molar-refractivity contribution in [2.45, 2.75) is 18.1 Å². The van der Waals surface area contributed by atoms with E-state index >= 15 is 0 Å². The predicted molar refractivity (Wildman–Crippen MR) is 82.2 cm³/mol. The first-order valence-electron chi connectivity index (χ1n) is 6.56. The van der Waals surface area contributed by atoms with Gasteiger partial charge in [0.05, 0.1) is 0 Å². The molecule has 104 valence electrons. The second-order valence-corrected chi connectivity index (χ2v) is 6.01. The maximum absolute atomic E-state index is 10.8. The van der Waals surface area contributed by atoms with Gasteiger partial charge in [-0.05, 0) is 29.3 Å². The number of rotatable bonds is 2. The molecule has 1 saturated heterocycles. The van der Waals surface area contributed by atoms with Gasteiger partial charge in [-0.3, -0.25) is 5.32 Å². The Kier molecular flexibility index (Phi) is 3.74. The molecule has 2 nitrogen and oxygen atoms in total. The average Bonchev–Trinajstić information content (AvgIpc) is 2.83. The molecule has 1 aliphatic rings. The number of nitrogens with one attached hydrogen (secondary N) is 1. The molecule has 2 atom stereocenters. The van der Waals surface area contributed by atoms with Gasteiger partial charge in [-0.25, -0.2) is 0 Å². The van der Waals surface area contributed by atoms with Gasteiger partial charge in [0, 0.05) is 28.9 Å². The van der Waals surface area contributed by atoms with Gasteiger partial charge in [-0.2, -0.15) is 0 Å². The van der Waals surface area contributed by atoms with Crippen LogP contribution < -0.4 is 5.32 Å². The molecule has 0 radical (unpaired) electrons. The summed E-state index contributed by atoms with van der Waals surface area (Å²) in [6.07, 6.45) is 0.596. The van der Waals surface area contributed by atoms with E-state index in [4.69, 9.17) is 23.2 Å². The number of aliphatic hydroxyl groups is 1. The minimum Gasteiger partial charge on any atom is -0.372 e. The summed E-state index contributed by atoms with van der Waals surface area (Å²) >= 11 is 12.1. The Morgan fingerprint density at radius 1 is 1.05 bits per heavy atom. The molecule has 2 N–H and O–H groups in total. The average molecular weight is 308 g/mol. The van der Waals surface area contributed by atoms with Crippen LogP contribution in [0.4, 0.5) is 0 Å². The normalized spacial score (nSPS) is 25.9. The van der Waals surface area contributed by atoms with Crippen molar-refractivity contribution in [3.05, 3.63) is 69.7 Å². The fourth-order valence-corrected chi connectivity index (χ4v) is 3.18. The standard InChI is InChI=1S/C16H15Cl2NO/c17-13-7-5-12(6-8-13)16(20)9-11(10-19-16)14-3-1-2-4-15(14)18/h1-8,11,19-20H,9-10H2. The van der Waals surface area contributed by atoms with Crippen LogP contribution in [0.15, 0.2) is 48.5 Å². The van der Waals surface area contributed by atoms with E-state index in [0.29, 0.717) is 18.0 Å². The summed E-state index contributed by atoms with van der Waals surface area (Å²) in [5.74, 6) is 0.198. The molecule has 3 rings (SSSR count). The highest BCUT2D eigenvalue weighted by atomic mass is 35.5. The molecule has 2 aromatic rings. The van der Waals surface area contributed by atoms with Crippen LogP contribution in [0.3, 0.4) is 0 Å². The highest BCUT2D eigenvalue weighted by Gasteiger charge is 2.39. The first kappa shape index (κ1) is 13.9. The fraction of sp³-hybridized carbons (Fsp3) is 0.250. The Bertz CT molecular complexity index is 614. The van der Waals surface area contributed by atoms with E-state index in [0.717, 1.165) is 16.1 Å². The Hall–Kier alpha value is -1.06. The minimum absolute atomic E-state index is 0.198. The quantitative estimate of drug-likeness (QED) is 0.881. The number of hydrogen-bond donors (Lipinski definition) is 2. The van der Waals surface area contributed by atoms with Crippen molar-refractivity contribution in [3.8, 4) is 0 Å². The molecule has 2 unspecified atom stereocenters. The first-order valence-corrected chi connectivity index (χ1v) is 7.32. The lowest BCUT2D eigenvalue weighted by molar-refractivity contribution is 0.0194. The SMILES string of the molecule is OC1(c2ccc(Cl)cc2)CC(c2ccccc2Cl)CN1. The smallest absolute Gasteiger partial charge is 0.142 e. The summed E-state index contributed by atoms with van der Waals surface area (Å²) < 4.78 is 0. The first-order chi connectivity index (χ1) is 9.58. The number of halogens is 2. The molecule has 2 aromatic carbocycles. The zero-order chi connectivity index (χ0) is 14.2. The maximum atomic E-state index is 10.8. The van der Waals surface area contributed by atoms with Crippen molar-refractivity contribution < 1.29 is 5.11 Å². The summed E-state index contributed by atoms with van der Waals surface area (Å²) in [6.45, 7) is 0.697. The van der Waals surface area contributed by atoms with Crippen molar-refractivity contribution in [2.24, 2.45) is 0 Å². The van der Waals surface area contributed by atoms with Crippen molar-refractivity contribution in [1.82, 2.24) is 5.32 Å². The van der Waals surface area contributed by atoms with Crippen molar-refractivity contribution in [1.29, 1.82) is 0 Å². The molecule has 0 spiro atoms. The lowest BCUT2D eigenvalue weighted by Crippen LogP contribution is -2.36. The molecule has 0 bridgehead atoms. The summed E-state index contributed by atoms with van der Waals surface area (Å²) in [6, 6.07) is 15.1. The Morgan fingerprint density at radius 2 is 1.75 bits per heavy atom. The topological polar surface area (TPSA) is 32.3 Å². The third-order valence-corrected chi connectivity index (χ3v) is 4.45. The van der Waals surface area contributed by atoms with Gasteiger partial charge in [0.2, 0.25) is 0 Å². The third kappa shape index (κ3) is 2.57. The number of benzene rings is 2. The second-order valence-electron chi connectivity index (χ2n) is 5.17. The molecule has 1 heterocycles. The van der Waals surface area contributed by atoms with Crippen LogP contribution in [0.25, 0.3) is 0 Å². The molecular formula is C16H15Cl2NO. The molecule has 20 heavy (non-hydrogen) atoms. The Morgan fingerprint density at radius 3 is 2.45 bits per heavy atom. The van der Waals surface area contributed by atoms with Crippen molar-refractivity contribution in [2.75, 3.05) is 6.54 Å². The van der Waals surface area contributed by atoms with E-state index in [1.165, 1.54) is 0 Å². The van der Waals surface area contributed by atoms with E-state index in [2.05, 4.69) is 5.32 Å². The van der Waals surface area contributed by atoms with Gasteiger partial charge in [-0.15, -0.1) is 0 Å². The Balaban J connectivity index is 1.85. The fourth-order valence-electron chi connectivity index (χ4n) is 2.76. The largest absolute Gasteiger partial charge is 0.372 e. The summed E-state index contributed by atoms with van der Waals surface area (Å²) in [5, 5.41) is 15.4.